The molecule has 0 bridgehead atoms. The first-order chi connectivity index (χ1) is 6.21. The van der Waals surface area contributed by atoms with E-state index in [0.29, 0.717) is 0 Å². The topological polar surface area (TPSA) is 86.7 Å². The number of hydrogen-bond acceptors (Lipinski definition) is 6. The zero-order valence-electron chi connectivity index (χ0n) is 7.83. The maximum Gasteiger partial charge on any atom is 0.264 e. The summed E-state index contributed by atoms with van der Waals surface area (Å²) in [5.41, 5.74) is 0. The van der Waals surface area contributed by atoms with Crippen LogP contribution in [-0.2, 0) is 28.6 Å². The third-order valence-corrected chi connectivity index (χ3v) is 2.05. The van der Waals surface area contributed by atoms with Gasteiger partial charge in [0.05, 0.1) is 25.7 Å². The van der Waals surface area contributed by atoms with Crippen LogP contribution >= 0.6 is 0 Å². The van der Waals surface area contributed by atoms with Crippen LogP contribution in [-0.4, -0.2) is 42.6 Å². The summed E-state index contributed by atoms with van der Waals surface area (Å²) in [7, 11) is -6.90. The molecule has 8 heteroatoms. The van der Waals surface area contributed by atoms with Crippen LogP contribution in [0.5, 0.6) is 0 Å². The van der Waals surface area contributed by atoms with Crippen LogP contribution in [0.25, 0.3) is 0 Å². The van der Waals surface area contributed by atoms with Crippen molar-refractivity contribution in [3.05, 3.63) is 12.2 Å². The van der Waals surface area contributed by atoms with Gasteiger partial charge < -0.3 is 0 Å². The average Bonchev–Trinajstić information content (AvgIpc) is 1.92. The molecule has 0 radical (unpaired) electrons. The molecule has 0 saturated heterocycles. The van der Waals surface area contributed by atoms with Crippen molar-refractivity contribution in [2.24, 2.45) is 0 Å². The van der Waals surface area contributed by atoms with Gasteiger partial charge in [-0.1, -0.05) is 12.2 Å². The fourth-order valence-electron chi connectivity index (χ4n) is 0.462. The Hall–Kier alpha value is -0.440. The van der Waals surface area contributed by atoms with Gasteiger partial charge in [-0.3, -0.25) is 8.37 Å². The van der Waals surface area contributed by atoms with E-state index in [1.165, 1.54) is 12.2 Å². The Kier molecular flexibility index (Phi) is 5.27. The summed E-state index contributed by atoms with van der Waals surface area (Å²) in [6, 6.07) is 0. The Morgan fingerprint density at radius 1 is 0.857 bits per heavy atom. The van der Waals surface area contributed by atoms with Crippen molar-refractivity contribution >= 4 is 20.2 Å². The van der Waals surface area contributed by atoms with Gasteiger partial charge in [0.1, 0.15) is 0 Å². The molecule has 0 spiro atoms. The average molecular weight is 244 g/mol. The van der Waals surface area contributed by atoms with Crippen LogP contribution in [0.1, 0.15) is 0 Å². The van der Waals surface area contributed by atoms with Gasteiger partial charge in [0.15, 0.2) is 0 Å². The van der Waals surface area contributed by atoms with Gasteiger partial charge in [-0.2, -0.15) is 16.8 Å². The third kappa shape index (κ3) is 11.6. The SMILES string of the molecule is CS(=O)(=O)OC/C=C/COS(C)(=O)=O. The highest BCUT2D eigenvalue weighted by atomic mass is 32.2. The highest BCUT2D eigenvalue weighted by Gasteiger charge is 1.99. The first kappa shape index (κ1) is 13.6. The zero-order valence-corrected chi connectivity index (χ0v) is 9.47. The Labute approximate surface area is 83.8 Å². The molecule has 0 amide bonds. The van der Waals surface area contributed by atoms with Crippen molar-refractivity contribution < 1.29 is 25.2 Å². The number of hydrogen-bond donors (Lipinski definition) is 0. The molecule has 6 nitrogen and oxygen atoms in total. The maximum atomic E-state index is 10.4. The van der Waals surface area contributed by atoms with Crippen molar-refractivity contribution in [2.75, 3.05) is 25.7 Å². The summed E-state index contributed by atoms with van der Waals surface area (Å²) in [4.78, 5) is 0. The van der Waals surface area contributed by atoms with Gasteiger partial charge in [-0.15, -0.1) is 0 Å². The van der Waals surface area contributed by atoms with E-state index >= 15 is 0 Å². The molecule has 0 aliphatic heterocycles. The van der Waals surface area contributed by atoms with E-state index in [-0.39, 0.29) is 13.2 Å². The molecule has 0 aromatic rings. The normalized spacial score (nSPS) is 13.6. The number of rotatable bonds is 6. The minimum Gasteiger partial charge on any atom is -0.266 e. The molecule has 14 heavy (non-hydrogen) atoms. The molecule has 0 N–H and O–H groups in total. The zero-order chi connectivity index (χ0) is 11.2. The van der Waals surface area contributed by atoms with Crippen LogP contribution < -0.4 is 0 Å². The summed E-state index contributed by atoms with van der Waals surface area (Å²) >= 11 is 0. The summed E-state index contributed by atoms with van der Waals surface area (Å²) in [6.45, 7) is -0.266. The van der Waals surface area contributed by atoms with Crippen LogP contribution in [0.3, 0.4) is 0 Å². The minimum absolute atomic E-state index is 0.133. The molecule has 0 atom stereocenters. The molecule has 0 saturated carbocycles. The Bertz CT molecular complexity index is 339. The van der Waals surface area contributed by atoms with Crippen LogP contribution in [0.4, 0.5) is 0 Å². The van der Waals surface area contributed by atoms with Gasteiger partial charge in [0.25, 0.3) is 20.2 Å². The van der Waals surface area contributed by atoms with Gasteiger partial charge in [0, 0.05) is 0 Å². The maximum absolute atomic E-state index is 10.4. The second kappa shape index (κ2) is 5.44. The van der Waals surface area contributed by atoms with E-state index in [4.69, 9.17) is 0 Å². The minimum atomic E-state index is -3.45. The van der Waals surface area contributed by atoms with Gasteiger partial charge in [0.2, 0.25) is 0 Å². The molecule has 0 rings (SSSR count). The molecule has 0 heterocycles. The Morgan fingerprint density at radius 2 is 1.14 bits per heavy atom. The molecular formula is C6H12O6S2. The fraction of sp³-hybridized carbons (Fsp3) is 0.667. The van der Waals surface area contributed by atoms with Crippen LogP contribution in [0.2, 0.25) is 0 Å². The van der Waals surface area contributed by atoms with Crippen molar-refractivity contribution in [1.82, 2.24) is 0 Å². The Balaban J connectivity index is 3.67. The van der Waals surface area contributed by atoms with E-state index in [2.05, 4.69) is 8.37 Å². The van der Waals surface area contributed by atoms with Crippen LogP contribution in [0.15, 0.2) is 12.2 Å². The molecule has 0 aliphatic rings. The van der Waals surface area contributed by atoms with E-state index in [1.807, 2.05) is 0 Å². The molecular weight excluding hydrogens is 232 g/mol. The molecule has 0 aromatic carbocycles. The summed E-state index contributed by atoms with van der Waals surface area (Å²) < 4.78 is 50.4. The van der Waals surface area contributed by atoms with Crippen molar-refractivity contribution in [3.8, 4) is 0 Å². The summed E-state index contributed by atoms with van der Waals surface area (Å²) in [5.74, 6) is 0. The largest absolute Gasteiger partial charge is 0.266 e. The second-order valence-corrected chi connectivity index (χ2v) is 5.74. The predicted octanol–water partition coefficient (Wildman–Crippen LogP) is -0.505. The lowest BCUT2D eigenvalue weighted by Crippen LogP contribution is -2.04. The lowest BCUT2D eigenvalue weighted by atomic mass is 10.5. The molecule has 0 unspecified atom stereocenters. The molecule has 0 fully saturated rings. The second-order valence-electron chi connectivity index (χ2n) is 2.45. The highest BCUT2D eigenvalue weighted by Crippen LogP contribution is 1.89. The lowest BCUT2D eigenvalue weighted by molar-refractivity contribution is 0.350. The third-order valence-electron chi connectivity index (χ3n) is 0.923. The first-order valence-electron chi connectivity index (χ1n) is 3.54. The standard InChI is InChI=1S/C6H12O6S2/c1-13(7,8)11-5-3-4-6-12-14(2,9)10/h3-4H,5-6H2,1-2H3/b4-3+. The van der Waals surface area contributed by atoms with Crippen molar-refractivity contribution in [2.45, 2.75) is 0 Å². The van der Waals surface area contributed by atoms with Gasteiger partial charge in [-0.25, -0.2) is 0 Å². The Morgan fingerprint density at radius 3 is 1.36 bits per heavy atom. The highest BCUT2D eigenvalue weighted by molar-refractivity contribution is 7.86. The van der Waals surface area contributed by atoms with E-state index in [9.17, 15) is 16.8 Å². The smallest absolute Gasteiger partial charge is 0.264 e. The molecule has 0 aromatic heterocycles. The van der Waals surface area contributed by atoms with Crippen molar-refractivity contribution in [3.63, 3.8) is 0 Å². The predicted molar refractivity (Wildman–Crippen MR) is 50.7 cm³/mol. The van der Waals surface area contributed by atoms with Crippen molar-refractivity contribution in [1.29, 1.82) is 0 Å². The molecule has 84 valence electrons. The van der Waals surface area contributed by atoms with Gasteiger partial charge in [-0.05, 0) is 0 Å². The monoisotopic (exact) mass is 244 g/mol. The van der Waals surface area contributed by atoms with E-state index < -0.39 is 20.2 Å². The lowest BCUT2D eigenvalue weighted by Gasteiger charge is -1.96. The summed E-state index contributed by atoms with van der Waals surface area (Å²) in [6.07, 6.45) is 4.56. The van der Waals surface area contributed by atoms with Crippen LogP contribution in [0, 0.1) is 0 Å². The molecule has 0 aliphatic carbocycles. The van der Waals surface area contributed by atoms with E-state index in [1.54, 1.807) is 0 Å². The fourth-order valence-corrected chi connectivity index (χ4v) is 1.11. The quantitative estimate of drug-likeness (QED) is 0.462. The van der Waals surface area contributed by atoms with Gasteiger partial charge >= 0.3 is 0 Å². The summed E-state index contributed by atoms with van der Waals surface area (Å²) in [5, 5.41) is 0. The first-order valence-corrected chi connectivity index (χ1v) is 7.18. The van der Waals surface area contributed by atoms with E-state index in [0.717, 1.165) is 12.5 Å².